The highest BCUT2D eigenvalue weighted by atomic mass is 16.5. The molecule has 1 rings (SSSR count). The summed E-state index contributed by atoms with van der Waals surface area (Å²) in [6.45, 7) is 5.04. The van der Waals surface area contributed by atoms with Crippen molar-refractivity contribution >= 4 is 11.9 Å². The van der Waals surface area contributed by atoms with Crippen LogP contribution in [0.1, 0.15) is 28.7 Å². The lowest BCUT2D eigenvalue weighted by atomic mass is 10.1. The van der Waals surface area contributed by atoms with Crippen LogP contribution in [-0.2, 0) is 4.79 Å². The van der Waals surface area contributed by atoms with Gasteiger partial charge in [0.2, 0.25) is 0 Å². The third-order valence-electron chi connectivity index (χ3n) is 2.56. The smallest absolute Gasteiger partial charge is 0.308 e. The fourth-order valence-corrected chi connectivity index (χ4v) is 1.55. The monoisotopic (exact) mass is 240 g/mol. The highest BCUT2D eigenvalue weighted by Gasteiger charge is 2.23. The Morgan fingerprint density at radius 3 is 2.47 bits per heavy atom. The van der Waals surface area contributed by atoms with Crippen LogP contribution in [0.4, 0.5) is 0 Å². The van der Waals surface area contributed by atoms with Gasteiger partial charge in [0, 0.05) is 13.6 Å². The van der Waals surface area contributed by atoms with E-state index in [0.29, 0.717) is 17.0 Å². The van der Waals surface area contributed by atoms with Crippen LogP contribution in [0, 0.1) is 19.8 Å². The molecule has 0 fully saturated rings. The number of aromatic nitrogens is 1. The molecule has 0 saturated carbocycles. The zero-order chi connectivity index (χ0) is 13.2. The van der Waals surface area contributed by atoms with Crippen molar-refractivity contribution in [3.63, 3.8) is 0 Å². The number of hydrogen-bond acceptors (Lipinski definition) is 4. The molecule has 0 bridgehead atoms. The van der Waals surface area contributed by atoms with E-state index >= 15 is 0 Å². The van der Waals surface area contributed by atoms with Crippen molar-refractivity contribution in [2.45, 2.75) is 20.8 Å². The Hall–Kier alpha value is -1.85. The summed E-state index contributed by atoms with van der Waals surface area (Å²) in [4.78, 5) is 24.1. The molecule has 1 atom stereocenters. The molecule has 1 amide bonds. The van der Waals surface area contributed by atoms with Gasteiger partial charge in [0.1, 0.15) is 11.3 Å². The Morgan fingerprint density at radius 2 is 2.06 bits per heavy atom. The van der Waals surface area contributed by atoms with Crippen molar-refractivity contribution in [1.29, 1.82) is 0 Å². The van der Waals surface area contributed by atoms with Gasteiger partial charge >= 0.3 is 5.97 Å². The van der Waals surface area contributed by atoms with Crippen molar-refractivity contribution < 1.29 is 19.2 Å². The summed E-state index contributed by atoms with van der Waals surface area (Å²) in [5.41, 5.74) is 0.924. The van der Waals surface area contributed by atoms with Gasteiger partial charge in [0.05, 0.1) is 11.6 Å². The summed E-state index contributed by atoms with van der Waals surface area (Å²) in [6, 6.07) is 0. The molecule has 1 aromatic heterocycles. The van der Waals surface area contributed by atoms with Crippen molar-refractivity contribution in [3.8, 4) is 0 Å². The van der Waals surface area contributed by atoms with Gasteiger partial charge in [-0.1, -0.05) is 12.1 Å². The molecule has 6 nitrogen and oxygen atoms in total. The number of carbonyl (C=O) groups excluding carboxylic acids is 1. The number of carboxylic acid groups (broad SMARTS) is 1. The summed E-state index contributed by atoms with van der Waals surface area (Å²) in [6.07, 6.45) is 0. The maximum atomic E-state index is 12.0. The fourth-order valence-electron chi connectivity index (χ4n) is 1.55. The van der Waals surface area contributed by atoms with Crippen molar-refractivity contribution in [3.05, 3.63) is 17.0 Å². The number of hydrogen-bond donors (Lipinski definition) is 1. The predicted octanol–water partition coefficient (Wildman–Crippen LogP) is 1.08. The number of carboxylic acids is 1. The summed E-state index contributed by atoms with van der Waals surface area (Å²) in [5, 5.41) is 12.5. The minimum Gasteiger partial charge on any atom is -0.481 e. The average Bonchev–Trinajstić information content (AvgIpc) is 2.57. The number of rotatable bonds is 4. The molecule has 0 aliphatic carbocycles. The van der Waals surface area contributed by atoms with E-state index in [0.717, 1.165) is 0 Å². The van der Waals surface area contributed by atoms with E-state index in [1.807, 2.05) is 0 Å². The zero-order valence-corrected chi connectivity index (χ0v) is 10.4. The van der Waals surface area contributed by atoms with E-state index in [-0.39, 0.29) is 12.5 Å². The minimum atomic E-state index is -0.927. The lowest BCUT2D eigenvalue weighted by Crippen LogP contribution is -2.34. The second-order valence-electron chi connectivity index (χ2n) is 4.12. The first-order chi connectivity index (χ1) is 7.84. The number of aliphatic carboxylic acids is 1. The first-order valence-corrected chi connectivity index (χ1v) is 5.25. The predicted molar refractivity (Wildman–Crippen MR) is 59.7 cm³/mol. The van der Waals surface area contributed by atoms with Gasteiger partial charge < -0.3 is 14.5 Å². The fraction of sp³-hybridized carbons (Fsp3) is 0.545. The minimum absolute atomic E-state index is 0.151. The largest absolute Gasteiger partial charge is 0.481 e. The van der Waals surface area contributed by atoms with Crippen molar-refractivity contribution in [1.82, 2.24) is 10.1 Å². The summed E-state index contributed by atoms with van der Waals surface area (Å²) < 4.78 is 4.91. The van der Waals surface area contributed by atoms with Crippen LogP contribution in [0.3, 0.4) is 0 Å². The Labute approximate surface area is 99.2 Å². The molecule has 1 heterocycles. The zero-order valence-electron chi connectivity index (χ0n) is 10.4. The van der Waals surface area contributed by atoms with Crippen molar-refractivity contribution in [2.75, 3.05) is 13.6 Å². The lowest BCUT2D eigenvalue weighted by molar-refractivity contribution is -0.141. The molecule has 1 unspecified atom stereocenters. The van der Waals surface area contributed by atoms with Crippen LogP contribution in [0.5, 0.6) is 0 Å². The third-order valence-corrected chi connectivity index (χ3v) is 2.56. The number of amides is 1. The molecular weight excluding hydrogens is 224 g/mol. The summed E-state index contributed by atoms with van der Waals surface area (Å²) >= 11 is 0. The quantitative estimate of drug-likeness (QED) is 0.851. The van der Waals surface area contributed by atoms with Crippen LogP contribution in [0.15, 0.2) is 4.52 Å². The van der Waals surface area contributed by atoms with Crippen LogP contribution < -0.4 is 0 Å². The van der Waals surface area contributed by atoms with Crippen LogP contribution in [0.2, 0.25) is 0 Å². The van der Waals surface area contributed by atoms with Gasteiger partial charge in [-0.05, 0) is 13.8 Å². The van der Waals surface area contributed by atoms with Gasteiger partial charge in [-0.15, -0.1) is 0 Å². The number of nitrogens with zero attached hydrogens (tertiary/aromatic N) is 2. The van der Waals surface area contributed by atoms with Gasteiger partial charge in [-0.25, -0.2) is 0 Å². The highest BCUT2D eigenvalue weighted by Crippen LogP contribution is 2.15. The molecule has 0 aliphatic rings. The summed E-state index contributed by atoms with van der Waals surface area (Å²) in [7, 11) is 1.56. The SMILES string of the molecule is Cc1noc(C)c1C(=O)N(C)CC(C)C(=O)O. The molecule has 94 valence electrons. The van der Waals surface area contributed by atoms with E-state index in [9.17, 15) is 9.59 Å². The maximum Gasteiger partial charge on any atom is 0.308 e. The van der Waals surface area contributed by atoms with Gasteiger partial charge in [0.25, 0.3) is 5.91 Å². The van der Waals surface area contributed by atoms with Gasteiger partial charge in [0.15, 0.2) is 0 Å². The van der Waals surface area contributed by atoms with E-state index in [4.69, 9.17) is 9.63 Å². The second kappa shape index (κ2) is 4.99. The highest BCUT2D eigenvalue weighted by molar-refractivity contribution is 5.96. The topological polar surface area (TPSA) is 83.6 Å². The molecule has 1 aromatic rings. The van der Waals surface area contributed by atoms with Crippen LogP contribution >= 0.6 is 0 Å². The Bertz CT molecular complexity index is 419. The van der Waals surface area contributed by atoms with E-state index in [2.05, 4.69) is 5.16 Å². The molecule has 1 N–H and O–H groups in total. The number of carbonyl (C=O) groups is 2. The Balaban J connectivity index is 2.81. The summed E-state index contributed by atoms with van der Waals surface area (Å²) in [5.74, 6) is -1.36. The molecule has 0 aromatic carbocycles. The first kappa shape index (κ1) is 13.2. The molecule has 17 heavy (non-hydrogen) atoms. The molecule has 0 radical (unpaired) electrons. The maximum absolute atomic E-state index is 12.0. The molecular formula is C11H16N2O4. The lowest BCUT2D eigenvalue weighted by Gasteiger charge is -2.19. The van der Waals surface area contributed by atoms with Crippen LogP contribution in [-0.4, -0.2) is 40.6 Å². The van der Waals surface area contributed by atoms with E-state index in [1.54, 1.807) is 27.8 Å². The van der Waals surface area contributed by atoms with Crippen molar-refractivity contribution in [2.24, 2.45) is 5.92 Å². The second-order valence-corrected chi connectivity index (χ2v) is 4.12. The average molecular weight is 240 g/mol. The standard InChI is InChI=1S/C11H16N2O4/c1-6(11(15)16)5-13(4)10(14)9-7(2)12-17-8(9)3/h6H,5H2,1-4H3,(H,15,16). The first-order valence-electron chi connectivity index (χ1n) is 5.25. The Kier molecular flexibility index (Phi) is 3.88. The van der Waals surface area contributed by atoms with E-state index in [1.165, 1.54) is 4.90 Å². The Morgan fingerprint density at radius 1 is 1.47 bits per heavy atom. The molecule has 0 saturated heterocycles. The van der Waals surface area contributed by atoms with Gasteiger partial charge in [-0.2, -0.15) is 0 Å². The third kappa shape index (κ3) is 2.83. The van der Waals surface area contributed by atoms with Gasteiger partial charge in [-0.3, -0.25) is 9.59 Å². The molecule has 6 heteroatoms. The van der Waals surface area contributed by atoms with Crippen LogP contribution in [0.25, 0.3) is 0 Å². The molecule has 0 spiro atoms. The normalized spacial score (nSPS) is 12.2. The number of aryl methyl sites for hydroxylation is 2. The molecule has 0 aliphatic heterocycles. The van der Waals surface area contributed by atoms with E-state index < -0.39 is 11.9 Å².